The van der Waals surface area contributed by atoms with E-state index in [1.807, 2.05) is 24.6 Å². The molecule has 0 saturated heterocycles. The second kappa shape index (κ2) is 5.20. The van der Waals surface area contributed by atoms with Crippen LogP contribution >= 0.6 is 12.2 Å². The van der Waals surface area contributed by atoms with Gasteiger partial charge in [0.1, 0.15) is 12.5 Å². The molecule has 0 unspecified atom stereocenters. The van der Waals surface area contributed by atoms with Gasteiger partial charge in [-0.15, -0.1) is 0 Å². The molecule has 3 rings (SSSR count). The van der Waals surface area contributed by atoms with Crippen LogP contribution in [0.4, 0.5) is 11.4 Å². The molecule has 1 aromatic carbocycles. The van der Waals surface area contributed by atoms with Crippen molar-refractivity contribution in [3.63, 3.8) is 0 Å². The van der Waals surface area contributed by atoms with Gasteiger partial charge in [-0.1, -0.05) is 0 Å². The molecule has 7 nitrogen and oxygen atoms in total. The Bertz CT molecular complexity index is 810. The Morgan fingerprint density at radius 2 is 2.23 bits per heavy atom. The Labute approximate surface area is 132 Å². The second-order valence-electron chi connectivity index (χ2n) is 5.62. The summed E-state index contributed by atoms with van der Waals surface area (Å²) < 4.78 is 4.32. The minimum Gasteiger partial charge on any atom is -0.349 e. The zero-order valence-electron chi connectivity index (χ0n) is 12.7. The van der Waals surface area contributed by atoms with Crippen LogP contribution in [0.2, 0.25) is 0 Å². The van der Waals surface area contributed by atoms with E-state index in [1.54, 1.807) is 16.8 Å². The molecular weight excluding hydrogens is 302 g/mol. The molecule has 0 amide bonds. The van der Waals surface area contributed by atoms with Crippen molar-refractivity contribution < 1.29 is 4.92 Å². The van der Waals surface area contributed by atoms with Gasteiger partial charge in [-0.25, -0.2) is 4.68 Å². The van der Waals surface area contributed by atoms with Crippen LogP contribution < -0.4 is 4.90 Å². The SMILES string of the molecule is Cc1nn(CN2c3ccc([N+](=O)[O-])cc3C[C@H]2C)c(=S)n1C. The third-order valence-corrected chi connectivity index (χ3v) is 4.66. The first-order chi connectivity index (χ1) is 10.4. The normalized spacial score (nSPS) is 16.9. The lowest BCUT2D eigenvalue weighted by atomic mass is 10.1. The van der Waals surface area contributed by atoms with Crippen molar-refractivity contribution in [2.45, 2.75) is 33.0 Å². The Hall–Kier alpha value is -2.22. The summed E-state index contributed by atoms with van der Waals surface area (Å²) in [5, 5.41) is 15.4. The first kappa shape index (κ1) is 14.7. The van der Waals surface area contributed by atoms with Gasteiger partial charge in [0.05, 0.1) is 4.92 Å². The van der Waals surface area contributed by atoms with Crippen molar-refractivity contribution in [3.8, 4) is 0 Å². The molecule has 116 valence electrons. The predicted molar refractivity (Wildman–Crippen MR) is 85.5 cm³/mol. The van der Waals surface area contributed by atoms with E-state index in [4.69, 9.17) is 12.2 Å². The molecule has 0 saturated carbocycles. The first-order valence-electron chi connectivity index (χ1n) is 7.03. The number of non-ortho nitro benzene ring substituents is 1. The number of hydrogen-bond acceptors (Lipinski definition) is 5. The van der Waals surface area contributed by atoms with Crippen molar-refractivity contribution >= 4 is 23.6 Å². The van der Waals surface area contributed by atoms with Crippen LogP contribution in [0.3, 0.4) is 0 Å². The summed E-state index contributed by atoms with van der Waals surface area (Å²) in [6.07, 6.45) is 0.788. The number of nitro benzene ring substituents is 1. The standard InChI is InChI=1S/C14H17N5O2S/c1-9-6-11-7-12(19(20)21)4-5-13(11)17(9)8-18-14(22)16(3)10(2)15-18/h4-5,7,9H,6,8H2,1-3H3/t9-/m1/s1. The van der Waals surface area contributed by atoms with Crippen LogP contribution in [0.25, 0.3) is 0 Å². The maximum atomic E-state index is 10.9. The van der Waals surface area contributed by atoms with E-state index in [1.165, 1.54) is 0 Å². The number of benzene rings is 1. The fraction of sp³-hybridized carbons (Fsp3) is 0.429. The van der Waals surface area contributed by atoms with Crippen molar-refractivity contribution in [2.75, 3.05) is 4.90 Å². The number of nitro groups is 1. The van der Waals surface area contributed by atoms with Crippen LogP contribution in [0, 0.1) is 21.8 Å². The Balaban J connectivity index is 1.95. The van der Waals surface area contributed by atoms with E-state index in [0.717, 1.165) is 23.5 Å². The molecule has 0 fully saturated rings. The molecule has 0 aliphatic carbocycles. The quantitative estimate of drug-likeness (QED) is 0.494. The number of nitrogens with zero attached hydrogens (tertiary/aromatic N) is 5. The van der Waals surface area contributed by atoms with Gasteiger partial charge in [-0.3, -0.25) is 10.1 Å². The lowest BCUT2D eigenvalue weighted by molar-refractivity contribution is -0.384. The molecule has 1 aromatic heterocycles. The maximum absolute atomic E-state index is 10.9. The summed E-state index contributed by atoms with van der Waals surface area (Å²) in [7, 11) is 1.89. The maximum Gasteiger partial charge on any atom is 0.269 e. The summed E-state index contributed by atoms with van der Waals surface area (Å²) in [6.45, 7) is 4.56. The molecule has 0 radical (unpaired) electrons. The van der Waals surface area contributed by atoms with Crippen molar-refractivity contribution in [1.82, 2.24) is 14.3 Å². The Morgan fingerprint density at radius 3 is 2.82 bits per heavy atom. The fourth-order valence-electron chi connectivity index (χ4n) is 2.84. The molecule has 2 heterocycles. The molecule has 1 aliphatic rings. The summed E-state index contributed by atoms with van der Waals surface area (Å²) in [5.74, 6) is 0.862. The van der Waals surface area contributed by atoms with Crippen LogP contribution in [0.15, 0.2) is 18.2 Å². The lowest BCUT2D eigenvalue weighted by Crippen LogP contribution is -2.32. The molecule has 0 spiro atoms. The van der Waals surface area contributed by atoms with Crippen LogP contribution in [-0.4, -0.2) is 25.3 Å². The van der Waals surface area contributed by atoms with Gasteiger partial charge < -0.3 is 9.47 Å². The number of anilines is 1. The van der Waals surface area contributed by atoms with Crippen molar-refractivity contribution in [2.24, 2.45) is 7.05 Å². The minimum atomic E-state index is -0.355. The predicted octanol–water partition coefficient (Wildman–Crippen LogP) is 2.58. The summed E-state index contributed by atoms with van der Waals surface area (Å²) in [4.78, 5) is 12.7. The molecule has 1 aliphatic heterocycles. The average Bonchev–Trinajstić information content (AvgIpc) is 2.91. The van der Waals surface area contributed by atoms with E-state index < -0.39 is 0 Å². The van der Waals surface area contributed by atoms with Gasteiger partial charge in [0.15, 0.2) is 4.77 Å². The third kappa shape index (κ3) is 2.29. The minimum absolute atomic E-state index is 0.137. The smallest absolute Gasteiger partial charge is 0.269 e. The highest BCUT2D eigenvalue weighted by atomic mass is 32.1. The average molecular weight is 319 g/mol. The Kier molecular flexibility index (Phi) is 3.48. The summed E-state index contributed by atoms with van der Waals surface area (Å²) >= 11 is 5.39. The van der Waals surface area contributed by atoms with Gasteiger partial charge >= 0.3 is 0 Å². The highest BCUT2D eigenvalue weighted by molar-refractivity contribution is 7.71. The van der Waals surface area contributed by atoms with E-state index in [9.17, 15) is 10.1 Å². The number of aromatic nitrogens is 3. The van der Waals surface area contributed by atoms with E-state index in [0.29, 0.717) is 11.4 Å². The van der Waals surface area contributed by atoms with E-state index >= 15 is 0 Å². The van der Waals surface area contributed by atoms with Gasteiger partial charge in [-0.05, 0) is 44.1 Å². The highest BCUT2D eigenvalue weighted by Crippen LogP contribution is 2.34. The fourth-order valence-corrected chi connectivity index (χ4v) is 3.07. The first-order valence-corrected chi connectivity index (χ1v) is 7.43. The largest absolute Gasteiger partial charge is 0.349 e. The van der Waals surface area contributed by atoms with Crippen molar-refractivity contribution in [1.29, 1.82) is 0 Å². The van der Waals surface area contributed by atoms with Crippen LogP contribution in [0.1, 0.15) is 18.3 Å². The van der Waals surface area contributed by atoms with E-state index in [-0.39, 0.29) is 16.7 Å². The number of aryl methyl sites for hydroxylation is 1. The van der Waals surface area contributed by atoms with Crippen LogP contribution in [-0.2, 0) is 20.1 Å². The second-order valence-corrected chi connectivity index (χ2v) is 5.99. The summed E-state index contributed by atoms with van der Waals surface area (Å²) in [6, 6.07) is 5.28. The molecule has 8 heteroatoms. The number of hydrogen-bond donors (Lipinski definition) is 0. The molecule has 2 aromatic rings. The molecule has 0 N–H and O–H groups in total. The van der Waals surface area contributed by atoms with Gasteiger partial charge in [0.2, 0.25) is 0 Å². The zero-order valence-corrected chi connectivity index (χ0v) is 13.5. The molecule has 1 atom stereocenters. The topological polar surface area (TPSA) is 69.1 Å². The van der Waals surface area contributed by atoms with Gasteiger partial charge in [-0.2, -0.15) is 5.10 Å². The van der Waals surface area contributed by atoms with Crippen LogP contribution in [0.5, 0.6) is 0 Å². The number of rotatable bonds is 3. The number of fused-ring (bicyclic) bond motifs is 1. The highest BCUT2D eigenvalue weighted by Gasteiger charge is 2.28. The summed E-state index contributed by atoms with van der Waals surface area (Å²) in [5.41, 5.74) is 2.15. The van der Waals surface area contributed by atoms with E-state index in [2.05, 4.69) is 16.9 Å². The Morgan fingerprint density at radius 1 is 1.50 bits per heavy atom. The van der Waals surface area contributed by atoms with Gasteiger partial charge in [0, 0.05) is 30.9 Å². The zero-order chi connectivity index (χ0) is 16.0. The lowest BCUT2D eigenvalue weighted by Gasteiger charge is -2.24. The molecular formula is C14H17N5O2S. The van der Waals surface area contributed by atoms with Gasteiger partial charge in [0.25, 0.3) is 5.69 Å². The molecule has 22 heavy (non-hydrogen) atoms. The monoisotopic (exact) mass is 319 g/mol. The van der Waals surface area contributed by atoms with Crippen molar-refractivity contribution in [3.05, 3.63) is 44.5 Å². The molecule has 0 bridgehead atoms. The third-order valence-electron chi connectivity index (χ3n) is 4.18.